The maximum atomic E-state index is 3.79. The lowest BCUT2D eigenvalue weighted by Crippen LogP contribution is -1.90. The van der Waals surface area contributed by atoms with Gasteiger partial charge in [0.1, 0.15) is 0 Å². The Labute approximate surface area is 58.1 Å². The van der Waals surface area contributed by atoms with E-state index in [1.165, 1.54) is 5.30 Å². The molecule has 1 atom stereocenters. The molecule has 0 aromatic heterocycles. The van der Waals surface area contributed by atoms with Gasteiger partial charge in [-0.1, -0.05) is 38.9 Å². The number of benzene rings is 1. The van der Waals surface area contributed by atoms with Gasteiger partial charge in [-0.2, -0.15) is 0 Å². The second-order valence-electron chi connectivity index (χ2n) is 1.79. The Bertz CT molecular complexity index is 157. The molecule has 1 rings (SSSR count). The van der Waals surface area contributed by atoms with Crippen LogP contribution in [0.2, 0.25) is 0 Å². The molecule has 0 amide bonds. The van der Waals surface area contributed by atoms with Crippen LogP contribution in [0.15, 0.2) is 30.3 Å². The van der Waals surface area contributed by atoms with Gasteiger partial charge >= 0.3 is 0 Å². The van der Waals surface area contributed by atoms with E-state index in [0.717, 1.165) is 14.7 Å². The van der Waals surface area contributed by atoms with E-state index in [1.807, 2.05) is 6.07 Å². The Balaban J connectivity index is 2.61. The van der Waals surface area contributed by atoms with Crippen molar-refractivity contribution in [1.82, 2.24) is 0 Å². The molecule has 1 heteroatoms. The van der Waals surface area contributed by atoms with Crippen LogP contribution >= 0.6 is 8.58 Å². The summed E-state index contributed by atoms with van der Waals surface area (Å²) in [6.07, 6.45) is 1.02. The topological polar surface area (TPSA) is 0 Å². The molecule has 0 nitrogen and oxygen atoms in total. The molecule has 1 radical (unpaired) electrons. The summed E-state index contributed by atoms with van der Waals surface area (Å²) < 4.78 is 0. The first-order valence-electron chi connectivity index (χ1n) is 3.01. The van der Waals surface area contributed by atoms with Gasteiger partial charge in [-0.3, -0.25) is 0 Å². The number of hydrogen-bond donors (Lipinski definition) is 0. The molecule has 1 aromatic rings. The highest BCUT2D eigenvalue weighted by atomic mass is 31.1. The van der Waals surface area contributed by atoms with Crippen LogP contribution in [0.1, 0.15) is 0 Å². The monoisotopic (exact) mass is 137 g/mol. The first-order chi connectivity index (χ1) is 4.43. The second kappa shape index (κ2) is 3.63. The van der Waals surface area contributed by atoms with Crippen molar-refractivity contribution in [2.45, 2.75) is 0 Å². The molecular weight excluding hydrogens is 127 g/mol. The van der Waals surface area contributed by atoms with Crippen molar-refractivity contribution < 1.29 is 0 Å². The summed E-state index contributed by atoms with van der Waals surface area (Å²) in [5.41, 5.74) is 0. The molecule has 0 N–H and O–H groups in total. The third kappa shape index (κ3) is 2.15. The van der Waals surface area contributed by atoms with Crippen molar-refractivity contribution in [3.8, 4) is 0 Å². The third-order valence-corrected chi connectivity index (χ3v) is 2.09. The standard InChI is InChI=1S/C8H10P/c1-2-9-8-6-4-3-5-7-8/h3-7,9H,1-2H2. The van der Waals surface area contributed by atoms with Gasteiger partial charge in [0.2, 0.25) is 0 Å². The van der Waals surface area contributed by atoms with Crippen molar-refractivity contribution in [2.24, 2.45) is 0 Å². The molecule has 0 spiro atoms. The number of hydrogen-bond acceptors (Lipinski definition) is 0. The van der Waals surface area contributed by atoms with E-state index in [1.54, 1.807) is 0 Å². The molecule has 0 saturated carbocycles. The summed E-state index contributed by atoms with van der Waals surface area (Å²) in [4.78, 5) is 0. The zero-order valence-electron chi connectivity index (χ0n) is 5.30. The normalized spacial score (nSPS) is 10.8. The fourth-order valence-electron chi connectivity index (χ4n) is 0.700. The zero-order valence-corrected chi connectivity index (χ0v) is 6.30. The quantitative estimate of drug-likeness (QED) is 0.545. The van der Waals surface area contributed by atoms with Crippen molar-refractivity contribution in [1.29, 1.82) is 0 Å². The van der Waals surface area contributed by atoms with Gasteiger partial charge in [-0.25, -0.2) is 0 Å². The van der Waals surface area contributed by atoms with Crippen molar-refractivity contribution in [2.75, 3.05) is 6.16 Å². The van der Waals surface area contributed by atoms with Gasteiger partial charge < -0.3 is 0 Å². The van der Waals surface area contributed by atoms with E-state index >= 15 is 0 Å². The van der Waals surface area contributed by atoms with E-state index in [-0.39, 0.29) is 0 Å². The Kier molecular flexibility index (Phi) is 2.73. The summed E-state index contributed by atoms with van der Waals surface area (Å²) in [5.74, 6) is 0. The molecule has 47 valence electrons. The molecular formula is C8H10P. The van der Waals surface area contributed by atoms with Gasteiger partial charge in [0.05, 0.1) is 0 Å². The first-order valence-corrected chi connectivity index (χ1v) is 4.22. The van der Waals surface area contributed by atoms with E-state index in [0.29, 0.717) is 0 Å². The Morgan fingerprint density at radius 2 is 1.89 bits per heavy atom. The van der Waals surface area contributed by atoms with Crippen molar-refractivity contribution >= 4 is 13.9 Å². The van der Waals surface area contributed by atoms with Crippen molar-refractivity contribution in [3.63, 3.8) is 0 Å². The van der Waals surface area contributed by atoms with Gasteiger partial charge in [0, 0.05) is 0 Å². The molecule has 0 aliphatic rings. The van der Waals surface area contributed by atoms with Crippen LogP contribution in [0.25, 0.3) is 0 Å². The molecule has 0 aliphatic heterocycles. The first kappa shape index (κ1) is 6.77. The molecule has 0 bridgehead atoms. The lowest BCUT2D eigenvalue weighted by molar-refractivity contribution is 1.75. The lowest BCUT2D eigenvalue weighted by atomic mass is 10.4. The smallest absolute Gasteiger partial charge is 0.0271 e. The van der Waals surface area contributed by atoms with Crippen LogP contribution in [0.3, 0.4) is 0 Å². The minimum atomic E-state index is 0.876. The summed E-state index contributed by atoms with van der Waals surface area (Å²) in [5, 5.41) is 1.41. The minimum absolute atomic E-state index is 0.876. The van der Waals surface area contributed by atoms with Crippen molar-refractivity contribution in [3.05, 3.63) is 37.3 Å². The van der Waals surface area contributed by atoms with E-state index in [2.05, 4.69) is 31.2 Å². The molecule has 9 heavy (non-hydrogen) atoms. The Morgan fingerprint density at radius 1 is 1.22 bits per heavy atom. The number of rotatable bonds is 2. The Hall–Kier alpha value is -0.350. The summed E-state index contributed by atoms with van der Waals surface area (Å²) in [6.45, 7) is 3.79. The fraction of sp³-hybridized carbons (Fsp3) is 0.125. The second-order valence-corrected chi connectivity index (χ2v) is 3.22. The SMILES string of the molecule is [CH2]CPc1ccccc1. The predicted molar refractivity (Wildman–Crippen MR) is 44.6 cm³/mol. The van der Waals surface area contributed by atoms with Gasteiger partial charge in [0.25, 0.3) is 0 Å². The van der Waals surface area contributed by atoms with Crippen LogP contribution in [0.5, 0.6) is 0 Å². The van der Waals surface area contributed by atoms with Gasteiger partial charge in [-0.05, 0) is 18.4 Å². The fourth-order valence-corrected chi connectivity index (χ4v) is 1.42. The maximum absolute atomic E-state index is 3.79. The van der Waals surface area contributed by atoms with Crippen LogP contribution in [-0.2, 0) is 0 Å². The van der Waals surface area contributed by atoms with Crippen LogP contribution in [0.4, 0.5) is 0 Å². The molecule has 0 fully saturated rings. The van der Waals surface area contributed by atoms with E-state index in [4.69, 9.17) is 0 Å². The van der Waals surface area contributed by atoms with Gasteiger partial charge in [0.15, 0.2) is 0 Å². The third-order valence-electron chi connectivity index (χ3n) is 1.10. The summed E-state index contributed by atoms with van der Waals surface area (Å²) in [6, 6.07) is 10.5. The molecule has 1 unspecified atom stereocenters. The van der Waals surface area contributed by atoms with Crippen LogP contribution in [0, 0.1) is 6.92 Å². The average Bonchev–Trinajstić information content (AvgIpc) is 1.91. The summed E-state index contributed by atoms with van der Waals surface area (Å²) >= 11 is 0. The molecule has 0 heterocycles. The Morgan fingerprint density at radius 3 is 2.44 bits per heavy atom. The van der Waals surface area contributed by atoms with Crippen LogP contribution in [-0.4, -0.2) is 6.16 Å². The highest BCUT2D eigenvalue weighted by Crippen LogP contribution is 2.06. The minimum Gasteiger partial charge on any atom is -0.0904 e. The summed E-state index contributed by atoms with van der Waals surface area (Å²) in [7, 11) is 0.876. The molecule has 1 aromatic carbocycles. The van der Waals surface area contributed by atoms with E-state index in [9.17, 15) is 0 Å². The van der Waals surface area contributed by atoms with E-state index < -0.39 is 0 Å². The average molecular weight is 137 g/mol. The largest absolute Gasteiger partial charge is 0.0904 e. The molecule has 0 saturated heterocycles. The zero-order chi connectivity index (χ0) is 6.53. The molecule has 0 aliphatic carbocycles. The highest BCUT2D eigenvalue weighted by Gasteiger charge is 1.84. The predicted octanol–water partition coefficient (Wildman–Crippen LogP) is 1.82. The highest BCUT2D eigenvalue weighted by molar-refractivity contribution is 7.47. The van der Waals surface area contributed by atoms with Gasteiger partial charge in [-0.15, -0.1) is 0 Å². The maximum Gasteiger partial charge on any atom is -0.0271 e. The lowest BCUT2D eigenvalue weighted by Gasteiger charge is -1.94. The van der Waals surface area contributed by atoms with Crippen LogP contribution < -0.4 is 5.30 Å².